The highest BCUT2D eigenvalue weighted by Gasteiger charge is 2.30. The molecule has 0 unspecified atom stereocenters. The lowest BCUT2D eigenvalue weighted by Gasteiger charge is -2.30. The number of carbonyl (C=O) groups is 1. The Labute approximate surface area is 141 Å². The van der Waals surface area contributed by atoms with Crippen molar-refractivity contribution in [2.24, 2.45) is 0 Å². The molecule has 0 aliphatic carbocycles. The lowest BCUT2D eigenvalue weighted by atomic mass is 9.97. The highest BCUT2D eigenvalue weighted by molar-refractivity contribution is 5.91. The number of nitrogens with zero attached hydrogens (tertiary/aromatic N) is 4. The fourth-order valence-corrected chi connectivity index (χ4v) is 3.30. The van der Waals surface area contributed by atoms with Gasteiger partial charge in [-0.15, -0.1) is 0 Å². The second-order valence-electron chi connectivity index (χ2n) is 6.39. The zero-order chi connectivity index (χ0) is 17.1. The molecule has 0 aromatic carbocycles. The first-order valence-corrected chi connectivity index (χ1v) is 8.68. The van der Waals surface area contributed by atoms with Crippen LogP contribution in [0.3, 0.4) is 0 Å². The van der Waals surface area contributed by atoms with Gasteiger partial charge in [0.1, 0.15) is 0 Å². The second kappa shape index (κ2) is 7.15. The van der Waals surface area contributed by atoms with Gasteiger partial charge in [-0.3, -0.25) is 4.79 Å². The Hall–Kier alpha value is -2.18. The Balaban J connectivity index is 1.70. The van der Waals surface area contributed by atoms with Gasteiger partial charge in [-0.05, 0) is 25.7 Å². The number of carbonyl (C=O) groups excluding carboxylic acids is 1. The van der Waals surface area contributed by atoms with Crippen LogP contribution < -0.4 is 0 Å². The van der Waals surface area contributed by atoms with E-state index in [2.05, 4.69) is 29.1 Å². The minimum Gasteiger partial charge on any atom is -0.351 e. The van der Waals surface area contributed by atoms with E-state index < -0.39 is 0 Å². The van der Waals surface area contributed by atoms with Crippen LogP contribution in [-0.4, -0.2) is 39.2 Å². The third-order valence-electron chi connectivity index (χ3n) is 4.76. The van der Waals surface area contributed by atoms with E-state index >= 15 is 0 Å². The standard InChI is InChI=1S/C17H24N4O3/c1-4-12(5-2)14-9-15(24-19-14)17(22)21-8-6-7-13(10-21)16-18-11(3)23-20-16/h9,12-13H,4-8,10H2,1-3H3/t13-/m0/s1. The van der Waals surface area contributed by atoms with Crippen LogP contribution in [0.2, 0.25) is 0 Å². The molecule has 1 aliphatic heterocycles. The van der Waals surface area contributed by atoms with E-state index in [-0.39, 0.29) is 11.8 Å². The highest BCUT2D eigenvalue weighted by atomic mass is 16.5. The van der Waals surface area contributed by atoms with E-state index in [1.807, 2.05) is 0 Å². The minimum atomic E-state index is -0.107. The van der Waals surface area contributed by atoms with Gasteiger partial charge in [0.15, 0.2) is 5.82 Å². The van der Waals surface area contributed by atoms with Crippen molar-refractivity contribution < 1.29 is 13.8 Å². The summed E-state index contributed by atoms with van der Waals surface area (Å²) < 4.78 is 10.4. The summed E-state index contributed by atoms with van der Waals surface area (Å²) in [5, 5.41) is 8.09. The molecule has 3 heterocycles. The molecule has 130 valence electrons. The van der Waals surface area contributed by atoms with Gasteiger partial charge in [0.2, 0.25) is 11.7 Å². The summed E-state index contributed by atoms with van der Waals surface area (Å²) >= 11 is 0. The zero-order valence-corrected chi connectivity index (χ0v) is 14.5. The maximum absolute atomic E-state index is 12.7. The lowest BCUT2D eigenvalue weighted by Crippen LogP contribution is -2.39. The number of piperidine rings is 1. The number of aryl methyl sites for hydroxylation is 1. The molecule has 1 fully saturated rings. The summed E-state index contributed by atoms with van der Waals surface area (Å²) in [4.78, 5) is 18.8. The van der Waals surface area contributed by atoms with E-state index in [0.29, 0.717) is 36.5 Å². The van der Waals surface area contributed by atoms with Crippen LogP contribution in [0.5, 0.6) is 0 Å². The minimum absolute atomic E-state index is 0.107. The average Bonchev–Trinajstić information content (AvgIpc) is 3.25. The molecule has 24 heavy (non-hydrogen) atoms. The average molecular weight is 332 g/mol. The van der Waals surface area contributed by atoms with Gasteiger partial charge in [0.05, 0.1) is 5.69 Å². The molecule has 1 atom stereocenters. The lowest BCUT2D eigenvalue weighted by molar-refractivity contribution is 0.0661. The van der Waals surface area contributed by atoms with Crippen LogP contribution in [0, 0.1) is 6.92 Å². The van der Waals surface area contributed by atoms with E-state index in [0.717, 1.165) is 31.4 Å². The Morgan fingerprint density at radius 2 is 2.12 bits per heavy atom. The van der Waals surface area contributed by atoms with Gasteiger partial charge in [-0.25, -0.2) is 0 Å². The fraction of sp³-hybridized carbons (Fsp3) is 0.647. The first-order valence-electron chi connectivity index (χ1n) is 8.68. The molecule has 0 bridgehead atoms. The summed E-state index contributed by atoms with van der Waals surface area (Å²) in [6.45, 7) is 7.31. The van der Waals surface area contributed by atoms with Crippen molar-refractivity contribution in [1.29, 1.82) is 0 Å². The van der Waals surface area contributed by atoms with Gasteiger partial charge in [0.25, 0.3) is 5.91 Å². The van der Waals surface area contributed by atoms with Gasteiger partial charge in [-0.1, -0.05) is 24.2 Å². The van der Waals surface area contributed by atoms with Crippen LogP contribution in [0.1, 0.15) is 79.3 Å². The van der Waals surface area contributed by atoms with E-state index in [4.69, 9.17) is 9.05 Å². The summed E-state index contributed by atoms with van der Waals surface area (Å²) in [7, 11) is 0. The summed E-state index contributed by atoms with van der Waals surface area (Å²) in [6.07, 6.45) is 3.84. The Morgan fingerprint density at radius 3 is 2.79 bits per heavy atom. The smallest absolute Gasteiger partial charge is 0.292 e. The summed E-state index contributed by atoms with van der Waals surface area (Å²) in [5.74, 6) is 1.90. The number of amides is 1. The number of hydrogen-bond acceptors (Lipinski definition) is 6. The molecule has 2 aromatic rings. The second-order valence-corrected chi connectivity index (χ2v) is 6.39. The van der Waals surface area contributed by atoms with Crippen LogP contribution >= 0.6 is 0 Å². The maximum atomic E-state index is 12.7. The van der Waals surface area contributed by atoms with Crippen molar-refractivity contribution in [3.8, 4) is 0 Å². The predicted octanol–water partition coefficient (Wildman–Crippen LogP) is 3.29. The third-order valence-corrected chi connectivity index (χ3v) is 4.76. The monoisotopic (exact) mass is 332 g/mol. The molecule has 0 saturated carbocycles. The molecule has 0 N–H and O–H groups in total. The molecular formula is C17H24N4O3. The molecule has 3 rings (SSSR count). The SMILES string of the molecule is CCC(CC)c1cc(C(=O)N2CCC[C@H](c3noc(C)n3)C2)on1. The van der Waals surface area contributed by atoms with Crippen molar-refractivity contribution in [3.63, 3.8) is 0 Å². The Kier molecular flexibility index (Phi) is 4.97. The number of aromatic nitrogens is 3. The summed E-state index contributed by atoms with van der Waals surface area (Å²) in [6, 6.07) is 1.79. The molecular weight excluding hydrogens is 308 g/mol. The molecule has 2 aromatic heterocycles. The van der Waals surface area contributed by atoms with Crippen molar-refractivity contribution in [1.82, 2.24) is 20.2 Å². The number of hydrogen-bond donors (Lipinski definition) is 0. The Morgan fingerprint density at radius 1 is 1.33 bits per heavy atom. The van der Waals surface area contributed by atoms with Gasteiger partial charge in [-0.2, -0.15) is 4.98 Å². The molecule has 1 saturated heterocycles. The third kappa shape index (κ3) is 3.34. The largest absolute Gasteiger partial charge is 0.351 e. The van der Waals surface area contributed by atoms with Crippen LogP contribution in [0.4, 0.5) is 0 Å². The maximum Gasteiger partial charge on any atom is 0.292 e. The predicted molar refractivity (Wildman–Crippen MR) is 86.7 cm³/mol. The summed E-state index contributed by atoms with van der Waals surface area (Å²) in [5.41, 5.74) is 0.866. The van der Waals surface area contributed by atoms with Crippen LogP contribution in [0.25, 0.3) is 0 Å². The van der Waals surface area contributed by atoms with Gasteiger partial charge < -0.3 is 13.9 Å². The first kappa shape index (κ1) is 16.7. The molecule has 7 heteroatoms. The molecule has 0 spiro atoms. The van der Waals surface area contributed by atoms with E-state index in [1.54, 1.807) is 17.9 Å². The molecule has 7 nitrogen and oxygen atoms in total. The quantitative estimate of drug-likeness (QED) is 0.835. The Bertz CT molecular complexity index is 690. The topological polar surface area (TPSA) is 85.3 Å². The number of rotatable bonds is 5. The fourth-order valence-electron chi connectivity index (χ4n) is 3.30. The van der Waals surface area contributed by atoms with Crippen LogP contribution in [0.15, 0.2) is 15.1 Å². The van der Waals surface area contributed by atoms with Crippen molar-refractivity contribution >= 4 is 5.91 Å². The first-order chi connectivity index (χ1) is 11.6. The molecule has 1 amide bonds. The normalized spacial score (nSPS) is 18.3. The highest BCUT2D eigenvalue weighted by Crippen LogP contribution is 2.27. The van der Waals surface area contributed by atoms with E-state index in [9.17, 15) is 4.79 Å². The van der Waals surface area contributed by atoms with Crippen molar-refractivity contribution in [2.75, 3.05) is 13.1 Å². The molecule has 1 aliphatic rings. The van der Waals surface area contributed by atoms with Crippen molar-refractivity contribution in [2.45, 2.75) is 58.3 Å². The van der Waals surface area contributed by atoms with Crippen molar-refractivity contribution in [3.05, 3.63) is 29.2 Å². The van der Waals surface area contributed by atoms with Gasteiger partial charge in [0, 0.05) is 37.9 Å². The zero-order valence-electron chi connectivity index (χ0n) is 14.5. The van der Waals surface area contributed by atoms with E-state index in [1.165, 1.54) is 0 Å². The van der Waals surface area contributed by atoms with Gasteiger partial charge >= 0.3 is 0 Å². The van der Waals surface area contributed by atoms with Crippen LogP contribution in [-0.2, 0) is 0 Å². The number of likely N-dealkylation sites (tertiary alicyclic amines) is 1. The molecule has 0 radical (unpaired) electrons.